The molecule has 0 bridgehead atoms. The van der Waals surface area contributed by atoms with E-state index in [0.29, 0.717) is 6.92 Å². The minimum atomic E-state index is -6.49. The largest absolute Gasteiger partial charge is 0.385 e. The molecule has 0 saturated heterocycles. The Morgan fingerprint density at radius 3 is 1.62 bits per heavy atom. The molecule has 9 heteroatoms. The van der Waals surface area contributed by atoms with Gasteiger partial charge in [0.1, 0.15) is 0 Å². The lowest BCUT2D eigenvalue weighted by Crippen LogP contribution is -2.59. The zero-order chi connectivity index (χ0) is 13.4. The predicted molar refractivity (Wildman–Crippen MR) is 35.5 cm³/mol. The monoisotopic (exact) mass is 261 g/mol. The van der Waals surface area contributed by atoms with Crippen molar-refractivity contribution in [2.75, 3.05) is 0 Å². The highest BCUT2D eigenvalue weighted by Gasteiger charge is 2.78. The predicted octanol–water partition coefficient (Wildman–Crippen LogP) is 4.07. The maximum absolute atomic E-state index is 12.5. The first-order valence-electron chi connectivity index (χ1n) is 3.88. The first-order chi connectivity index (χ1) is 6.92. The first-order valence-corrected chi connectivity index (χ1v) is 3.88. The van der Waals surface area contributed by atoms with Crippen molar-refractivity contribution in [2.24, 2.45) is 0 Å². The van der Waals surface area contributed by atoms with E-state index in [0.717, 1.165) is 0 Å². The van der Waals surface area contributed by atoms with E-state index < -0.39 is 36.8 Å². The standard InChI is InChI=1S/C7H6F9/c1-2-3(8)5(11,12)7(15,16)6(13,14)4(9)10/h3H,2H2,1H3. The first kappa shape index (κ1) is 15.4. The average Bonchev–Trinajstić information content (AvgIpc) is 2.15. The Morgan fingerprint density at radius 2 is 1.38 bits per heavy atom. The Labute approximate surface area is 84.4 Å². The van der Waals surface area contributed by atoms with E-state index in [4.69, 9.17) is 0 Å². The second kappa shape index (κ2) is 4.33. The summed E-state index contributed by atoms with van der Waals surface area (Å²) in [6.45, 7) is 0.683. The number of alkyl halides is 7. The Balaban J connectivity index is 5.34. The fourth-order valence-electron chi connectivity index (χ4n) is 0.781. The highest BCUT2D eigenvalue weighted by molar-refractivity contribution is 5.05. The van der Waals surface area contributed by atoms with Crippen molar-refractivity contribution < 1.29 is 39.5 Å². The van der Waals surface area contributed by atoms with Gasteiger partial charge in [0.2, 0.25) is 0 Å². The molecule has 0 amide bonds. The number of rotatable bonds is 5. The molecule has 0 aromatic carbocycles. The van der Waals surface area contributed by atoms with Crippen LogP contribution in [0.15, 0.2) is 0 Å². The van der Waals surface area contributed by atoms with Gasteiger partial charge in [0, 0.05) is 0 Å². The molecule has 0 heterocycles. The van der Waals surface area contributed by atoms with Crippen LogP contribution < -0.4 is 0 Å². The summed E-state index contributed by atoms with van der Waals surface area (Å²) in [6, 6.07) is 0. The second-order valence-electron chi connectivity index (χ2n) is 2.91. The van der Waals surface area contributed by atoms with E-state index >= 15 is 0 Å². The quantitative estimate of drug-likeness (QED) is 0.654. The molecule has 0 rings (SSSR count). The molecule has 0 saturated carbocycles. The summed E-state index contributed by atoms with van der Waals surface area (Å²) in [5.74, 6) is -18.8. The van der Waals surface area contributed by atoms with Crippen LogP contribution >= 0.6 is 0 Å². The van der Waals surface area contributed by atoms with Crippen LogP contribution in [0.1, 0.15) is 13.3 Å². The summed E-state index contributed by atoms with van der Waals surface area (Å²) >= 11 is 0. The molecule has 0 aromatic heterocycles. The summed E-state index contributed by atoms with van der Waals surface area (Å²) in [6.07, 6.45) is -9.06. The lowest BCUT2D eigenvalue weighted by molar-refractivity contribution is -0.332. The van der Waals surface area contributed by atoms with Crippen molar-refractivity contribution in [3.05, 3.63) is 6.43 Å². The van der Waals surface area contributed by atoms with Gasteiger partial charge < -0.3 is 0 Å². The minimum Gasteiger partial charge on any atom is -0.241 e. The molecule has 1 radical (unpaired) electrons. The maximum Gasteiger partial charge on any atom is 0.385 e. The zero-order valence-electron chi connectivity index (χ0n) is 7.69. The van der Waals surface area contributed by atoms with Crippen LogP contribution in [-0.4, -0.2) is 23.9 Å². The third-order valence-electron chi connectivity index (χ3n) is 1.80. The van der Waals surface area contributed by atoms with Crippen LogP contribution in [0, 0.1) is 6.43 Å². The van der Waals surface area contributed by atoms with Crippen molar-refractivity contribution in [2.45, 2.75) is 37.3 Å². The van der Waals surface area contributed by atoms with Crippen LogP contribution in [0.25, 0.3) is 0 Å². The van der Waals surface area contributed by atoms with E-state index in [1.165, 1.54) is 0 Å². The topological polar surface area (TPSA) is 0 Å². The van der Waals surface area contributed by atoms with Gasteiger partial charge in [-0.05, 0) is 6.42 Å². The Kier molecular flexibility index (Phi) is 4.15. The molecular weight excluding hydrogens is 255 g/mol. The number of halogens is 9. The Bertz CT molecular complexity index is 234. The highest BCUT2D eigenvalue weighted by Crippen LogP contribution is 2.52. The zero-order valence-corrected chi connectivity index (χ0v) is 7.69. The molecule has 0 aliphatic heterocycles. The van der Waals surface area contributed by atoms with Crippen molar-refractivity contribution in [1.29, 1.82) is 0 Å². The molecule has 1 atom stereocenters. The normalized spacial score (nSPS) is 16.7. The molecular formula is C7H6F9. The summed E-state index contributed by atoms with van der Waals surface area (Å²) in [4.78, 5) is 0. The van der Waals surface area contributed by atoms with E-state index in [2.05, 4.69) is 0 Å². The Hall–Kier alpha value is -0.630. The van der Waals surface area contributed by atoms with Gasteiger partial charge in [0.15, 0.2) is 6.17 Å². The molecule has 0 nitrogen and oxygen atoms in total. The third-order valence-corrected chi connectivity index (χ3v) is 1.80. The summed E-state index contributed by atoms with van der Waals surface area (Å²) in [5, 5.41) is 0. The fraction of sp³-hybridized carbons (Fsp3) is 0.857. The molecule has 97 valence electrons. The fourth-order valence-corrected chi connectivity index (χ4v) is 0.781. The smallest absolute Gasteiger partial charge is 0.241 e. The lowest BCUT2D eigenvalue weighted by atomic mass is 9.99. The van der Waals surface area contributed by atoms with Crippen LogP contribution in [0.5, 0.6) is 0 Å². The van der Waals surface area contributed by atoms with Gasteiger partial charge in [-0.3, -0.25) is 0 Å². The minimum absolute atomic E-state index is 0.683. The molecule has 0 fully saturated rings. The lowest BCUT2D eigenvalue weighted by Gasteiger charge is -2.33. The van der Waals surface area contributed by atoms with Gasteiger partial charge in [-0.1, -0.05) is 6.92 Å². The van der Waals surface area contributed by atoms with Crippen LogP contribution in [0.3, 0.4) is 0 Å². The van der Waals surface area contributed by atoms with Crippen molar-refractivity contribution in [1.82, 2.24) is 0 Å². The third kappa shape index (κ3) is 2.08. The molecule has 0 aromatic rings. The van der Waals surface area contributed by atoms with Crippen LogP contribution in [0.2, 0.25) is 0 Å². The SMILES string of the molecule is CCC(F)C(F)(F)C(F)(F)C(F)(F)[C](F)F. The summed E-state index contributed by atoms with van der Waals surface area (Å²) in [7, 11) is 0. The van der Waals surface area contributed by atoms with Gasteiger partial charge >= 0.3 is 24.2 Å². The van der Waals surface area contributed by atoms with Crippen molar-refractivity contribution in [3.8, 4) is 0 Å². The van der Waals surface area contributed by atoms with Gasteiger partial charge in [-0.2, -0.15) is 35.1 Å². The van der Waals surface area contributed by atoms with Gasteiger partial charge in [-0.25, -0.2) is 4.39 Å². The molecule has 0 N–H and O–H groups in total. The molecule has 0 spiro atoms. The van der Waals surface area contributed by atoms with Crippen LogP contribution in [0.4, 0.5) is 39.5 Å². The number of hydrogen-bond acceptors (Lipinski definition) is 0. The summed E-state index contributed by atoms with van der Waals surface area (Å²) < 4.78 is 109. The van der Waals surface area contributed by atoms with Gasteiger partial charge in [0.05, 0.1) is 0 Å². The van der Waals surface area contributed by atoms with Crippen molar-refractivity contribution in [3.63, 3.8) is 0 Å². The molecule has 0 aliphatic carbocycles. The molecule has 1 unspecified atom stereocenters. The van der Waals surface area contributed by atoms with Crippen LogP contribution in [-0.2, 0) is 0 Å². The van der Waals surface area contributed by atoms with E-state index in [9.17, 15) is 39.5 Å². The Morgan fingerprint density at radius 1 is 1.00 bits per heavy atom. The highest BCUT2D eigenvalue weighted by atomic mass is 19.4. The molecule has 0 aliphatic rings. The van der Waals surface area contributed by atoms with E-state index in [1.54, 1.807) is 0 Å². The van der Waals surface area contributed by atoms with E-state index in [-0.39, 0.29) is 0 Å². The van der Waals surface area contributed by atoms with E-state index in [1.807, 2.05) is 0 Å². The van der Waals surface area contributed by atoms with Gasteiger partial charge in [0.25, 0.3) is 0 Å². The number of hydrogen-bond donors (Lipinski definition) is 0. The maximum atomic E-state index is 12.5. The average molecular weight is 261 g/mol. The second-order valence-corrected chi connectivity index (χ2v) is 2.91. The molecule has 16 heavy (non-hydrogen) atoms. The van der Waals surface area contributed by atoms with Gasteiger partial charge in [-0.15, -0.1) is 0 Å². The summed E-state index contributed by atoms with van der Waals surface area (Å²) in [5.41, 5.74) is 0. The van der Waals surface area contributed by atoms with Crippen molar-refractivity contribution >= 4 is 0 Å².